The minimum Gasteiger partial charge on any atom is -0.407 e. The molecule has 0 saturated heterocycles. The molecule has 0 unspecified atom stereocenters. The van der Waals surface area contributed by atoms with E-state index in [1.165, 1.54) is 21.1 Å². The number of aromatic nitrogens is 2. The van der Waals surface area contributed by atoms with Gasteiger partial charge in [-0.15, -0.1) is 0 Å². The van der Waals surface area contributed by atoms with Crippen LogP contribution in [0.5, 0.6) is 0 Å². The molecule has 0 saturated carbocycles. The third kappa shape index (κ3) is 4.37. The first-order valence-corrected chi connectivity index (χ1v) is 13.5. The fourth-order valence-electron chi connectivity index (χ4n) is 4.98. The summed E-state index contributed by atoms with van der Waals surface area (Å²) in [6, 6.07) is 19.9. The van der Waals surface area contributed by atoms with Crippen molar-refractivity contribution in [2.45, 2.75) is 45.2 Å². The summed E-state index contributed by atoms with van der Waals surface area (Å²) in [4.78, 5) is 26.3. The van der Waals surface area contributed by atoms with Crippen molar-refractivity contribution in [3.8, 4) is 0 Å². The van der Waals surface area contributed by atoms with Gasteiger partial charge in [-0.2, -0.15) is 0 Å². The molecule has 1 heterocycles. The SMILES string of the molecule is Cc1cn([C@@H]2C[C@H](CO[Si](c3ccccc3)(c3ccccc3)C(C)(C)C)C=C2F)c(=O)[nH]c1=O. The Kier molecular flexibility index (Phi) is 6.60. The van der Waals surface area contributed by atoms with Crippen LogP contribution in [0.1, 0.15) is 38.8 Å². The van der Waals surface area contributed by atoms with Crippen LogP contribution in [-0.4, -0.2) is 24.5 Å². The van der Waals surface area contributed by atoms with E-state index in [4.69, 9.17) is 4.43 Å². The van der Waals surface area contributed by atoms with Gasteiger partial charge in [-0.3, -0.25) is 14.3 Å². The van der Waals surface area contributed by atoms with Crippen LogP contribution in [0, 0.1) is 12.8 Å². The van der Waals surface area contributed by atoms with Crippen LogP contribution in [-0.2, 0) is 4.43 Å². The number of aryl methyl sites for hydroxylation is 1. The zero-order chi connectivity index (χ0) is 24.5. The number of benzene rings is 2. The van der Waals surface area contributed by atoms with Gasteiger partial charge in [-0.05, 0) is 34.8 Å². The summed E-state index contributed by atoms with van der Waals surface area (Å²) in [6.07, 6.45) is 3.40. The lowest BCUT2D eigenvalue weighted by Gasteiger charge is -2.43. The van der Waals surface area contributed by atoms with Gasteiger partial charge in [-0.1, -0.05) is 81.4 Å². The van der Waals surface area contributed by atoms with Gasteiger partial charge in [0.2, 0.25) is 0 Å². The molecule has 5 nitrogen and oxygen atoms in total. The average molecular weight is 479 g/mol. The molecule has 7 heteroatoms. The van der Waals surface area contributed by atoms with Gasteiger partial charge in [0.15, 0.2) is 0 Å². The van der Waals surface area contributed by atoms with Gasteiger partial charge < -0.3 is 4.43 Å². The Morgan fingerprint density at radius 1 is 1.03 bits per heavy atom. The fourth-order valence-corrected chi connectivity index (χ4v) is 9.60. The molecule has 0 aliphatic heterocycles. The molecule has 0 radical (unpaired) electrons. The molecule has 0 amide bonds. The van der Waals surface area contributed by atoms with Gasteiger partial charge in [0.1, 0.15) is 5.83 Å². The molecule has 1 aliphatic carbocycles. The quantitative estimate of drug-likeness (QED) is 0.548. The smallest absolute Gasteiger partial charge is 0.328 e. The van der Waals surface area contributed by atoms with Crippen molar-refractivity contribution in [3.63, 3.8) is 0 Å². The third-order valence-corrected chi connectivity index (χ3v) is 11.7. The monoisotopic (exact) mass is 478 g/mol. The second-order valence-corrected chi connectivity index (χ2v) is 14.3. The maximum atomic E-state index is 15.0. The Balaban J connectivity index is 1.67. The van der Waals surface area contributed by atoms with Gasteiger partial charge in [0.05, 0.1) is 6.04 Å². The van der Waals surface area contributed by atoms with E-state index in [9.17, 15) is 9.59 Å². The van der Waals surface area contributed by atoms with E-state index in [0.717, 1.165) is 0 Å². The molecule has 4 rings (SSSR count). The number of hydrogen-bond donors (Lipinski definition) is 1. The molecule has 1 aliphatic rings. The first-order valence-electron chi connectivity index (χ1n) is 11.6. The predicted octanol–water partition coefficient (Wildman–Crippen LogP) is 3.84. The second-order valence-electron chi connectivity index (χ2n) is 10.0. The van der Waals surface area contributed by atoms with Gasteiger partial charge in [-0.25, -0.2) is 9.18 Å². The normalized spacial score (nSPS) is 18.7. The molecule has 178 valence electrons. The van der Waals surface area contributed by atoms with Crippen LogP contribution < -0.4 is 21.6 Å². The van der Waals surface area contributed by atoms with Crippen LogP contribution in [0.25, 0.3) is 0 Å². The number of allylic oxidation sites excluding steroid dienone is 1. The molecular weight excluding hydrogens is 447 g/mol. The van der Waals surface area contributed by atoms with E-state index in [1.807, 2.05) is 36.4 Å². The summed E-state index contributed by atoms with van der Waals surface area (Å²) in [5.41, 5.74) is -0.674. The number of nitrogens with one attached hydrogen (secondary N) is 1. The Bertz CT molecular complexity index is 1250. The van der Waals surface area contributed by atoms with Gasteiger partial charge in [0, 0.05) is 24.3 Å². The Hall–Kier alpha value is -3.03. The molecule has 2 atom stereocenters. The molecule has 0 spiro atoms. The number of rotatable bonds is 6. The molecule has 2 aromatic carbocycles. The van der Waals surface area contributed by atoms with Crippen molar-refractivity contribution in [3.05, 3.63) is 105 Å². The van der Waals surface area contributed by atoms with Crippen molar-refractivity contribution in [2.24, 2.45) is 5.92 Å². The number of nitrogens with zero attached hydrogens (tertiary/aromatic N) is 1. The van der Waals surface area contributed by atoms with Crippen LogP contribution in [0.2, 0.25) is 5.04 Å². The summed E-state index contributed by atoms with van der Waals surface area (Å²) in [5.74, 6) is -0.560. The van der Waals surface area contributed by atoms with Crippen LogP contribution >= 0.6 is 0 Å². The minimum atomic E-state index is -2.74. The number of halogens is 1. The Labute approximate surface area is 200 Å². The van der Waals surface area contributed by atoms with Crippen molar-refractivity contribution >= 4 is 18.7 Å². The molecule has 34 heavy (non-hydrogen) atoms. The highest BCUT2D eigenvalue weighted by atomic mass is 28.4. The van der Waals surface area contributed by atoms with E-state index in [-0.39, 0.29) is 16.8 Å². The number of hydrogen-bond acceptors (Lipinski definition) is 3. The standard InChI is InChI=1S/C27H31FN2O3Si/c1-19-17-30(26(32)29-25(19)31)24-16-20(15-23(24)28)18-33-34(27(2,3)4,21-11-7-5-8-12-21)22-13-9-6-10-14-22/h5-15,17,20,24H,16,18H2,1-4H3,(H,29,31,32)/t20-,24-/m1/s1. The van der Waals surface area contributed by atoms with Gasteiger partial charge >= 0.3 is 5.69 Å². The highest BCUT2D eigenvalue weighted by molar-refractivity contribution is 6.99. The average Bonchev–Trinajstić information content (AvgIpc) is 3.17. The Morgan fingerprint density at radius 2 is 1.59 bits per heavy atom. The van der Waals surface area contributed by atoms with E-state index in [2.05, 4.69) is 50.0 Å². The summed E-state index contributed by atoms with van der Waals surface area (Å²) < 4.78 is 23.2. The number of aromatic amines is 1. The molecule has 0 fully saturated rings. The topological polar surface area (TPSA) is 64.1 Å². The van der Waals surface area contributed by atoms with E-state index in [0.29, 0.717) is 18.6 Å². The zero-order valence-electron chi connectivity index (χ0n) is 20.0. The van der Waals surface area contributed by atoms with Crippen molar-refractivity contribution < 1.29 is 8.82 Å². The van der Waals surface area contributed by atoms with Crippen molar-refractivity contribution in [1.29, 1.82) is 0 Å². The summed E-state index contributed by atoms with van der Waals surface area (Å²) in [5, 5.41) is 2.16. The summed E-state index contributed by atoms with van der Waals surface area (Å²) in [7, 11) is -2.74. The fraction of sp³-hybridized carbons (Fsp3) is 0.333. The lowest BCUT2D eigenvalue weighted by atomic mass is 10.1. The van der Waals surface area contributed by atoms with Gasteiger partial charge in [0.25, 0.3) is 13.9 Å². The van der Waals surface area contributed by atoms with Crippen molar-refractivity contribution in [2.75, 3.05) is 6.61 Å². The highest BCUT2D eigenvalue weighted by Crippen LogP contribution is 2.39. The van der Waals surface area contributed by atoms with E-state index < -0.39 is 25.6 Å². The lowest BCUT2D eigenvalue weighted by Crippen LogP contribution is -2.66. The zero-order valence-corrected chi connectivity index (χ0v) is 21.0. The van der Waals surface area contributed by atoms with Crippen LogP contribution in [0.15, 0.2) is 88.4 Å². The molecular formula is C27H31FN2O3Si. The maximum absolute atomic E-state index is 15.0. The van der Waals surface area contributed by atoms with Crippen LogP contribution in [0.4, 0.5) is 4.39 Å². The highest BCUT2D eigenvalue weighted by Gasteiger charge is 2.50. The summed E-state index contributed by atoms with van der Waals surface area (Å²) in [6.45, 7) is 8.56. The molecule has 0 bridgehead atoms. The largest absolute Gasteiger partial charge is 0.407 e. The third-order valence-electron chi connectivity index (χ3n) is 6.65. The first kappa shape index (κ1) is 24.1. The first-order chi connectivity index (χ1) is 16.1. The second kappa shape index (κ2) is 9.31. The molecule has 1 aromatic heterocycles. The molecule has 1 N–H and O–H groups in total. The lowest BCUT2D eigenvalue weighted by molar-refractivity contribution is 0.249. The molecule has 3 aromatic rings. The summed E-state index contributed by atoms with van der Waals surface area (Å²) >= 11 is 0. The minimum absolute atomic E-state index is 0.178. The predicted molar refractivity (Wildman–Crippen MR) is 136 cm³/mol. The van der Waals surface area contributed by atoms with E-state index >= 15 is 4.39 Å². The van der Waals surface area contributed by atoms with Crippen LogP contribution in [0.3, 0.4) is 0 Å². The van der Waals surface area contributed by atoms with E-state index in [1.54, 1.807) is 13.0 Å². The maximum Gasteiger partial charge on any atom is 0.328 e. The van der Waals surface area contributed by atoms with Crippen molar-refractivity contribution in [1.82, 2.24) is 9.55 Å². The number of H-pyrrole nitrogens is 1. The Morgan fingerprint density at radius 3 is 2.12 bits per heavy atom.